The molecule has 0 saturated carbocycles. The van der Waals surface area contributed by atoms with Gasteiger partial charge < -0.3 is 15.5 Å². The van der Waals surface area contributed by atoms with E-state index in [9.17, 15) is 26.7 Å². The van der Waals surface area contributed by atoms with Crippen molar-refractivity contribution in [2.75, 3.05) is 44.2 Å². The van der Waals surface area contributed by atoms with E-state index in [-0.39, 0.29) is 41.3 Å². The van der Waals surface area contributed by atoms with Crippen molar-refractivity contribution >= 4 is 34.2 Å². The zero-order valence-electron chi connectivity index (χ0n) is 23.2. The van der Waals surface area contributed by atoms with E-state index >= 15 is 0 Å². The number of rotatable bonds is 6. The van der Waals surface area contributed by atoms with Gasteiger partial charge in [0.2, 0.25) is 5.82 Å². The minimum Gasteiger partial charge on any atom is -0.355 e. The summed E-state index contributed by atoms with van der Waals surface area (Å²) >= 11 is 6.49. The highest BCUT2D eigenvalue weighted by molar-refractivity contribution is 6.35. The van der Waals surface area contributed by atoms with Gasteiger partial charge in [-0.3, -0.25) is 9.69 Å². The van der Waals surface area contributed by atoms with Gasteiger partial charge in [-0.1, -0.05) is 11.6 Å². The summed E-state index contributed by atoms with van der Waals surface area (Å²) in [5.74, 6) is -3.83. The number of carbonyl (C=O) groups is 1. The Labute approximate surface area is 250 Å². The van der Waals surface area contributed by atoms with Crippen molar-refractivity contribution in [3.05, 3.63) is 58.6 Å². The Kier molecular flexibility index (Phi) is 7.93. The molecule has 8 nitrogen and oxygen atoms in total. The molecule has 0 aliphatic carbocycles. The number of pyridine rings is 1. The van der Waals surface area contributed by atoms with Gasteiger partial charge in [-0.05, 0) is 50.1 Å². The lowest BCUT2D eigenvalue weighted by Gasteiger charge is -2.37. The van der Waals surface area contributed by atoms with Gasteiger partial charge in [0.1, 0.15) is 5.82 Å². The van der Waals surface area contributed by atoms with Gasteiger partial charge in [-0.15, -0.1) is 0 Å². The maximum atomic E-state index is 13.9. The predicted octanol–water partition coefficient (Wildman–Crippen LogP) is 5.23. The van der Waals surface area contributed by atoms with Gasteiger partial charge in [0.05, 0.1) is 22.1 Å². The first-order chi connectivity index (χ1) is 20.4. The second-order valence-corrected chi connectivity index (χ2v) is 12.0. The number of amides is 1. The van der Waals surface area contributed by atoms with Crippen molar-refractivity contribution in [3.8, 4) is 0 Å². The van der Waals surface area contributed by atoms with E-state index in [0.717, 1.165) is 57.1 Å². The normalized spacial score (nSPS) is 23.3. The van der Waals surface area contributed by atoms with E-state index in [1.165, 1.54) is 0 Å². The number of piperidine rings is 1. The van der Waals surface area contributed by atoms with E-state index in [2.05, 4.69) is 25.5 Å². The molecule has 1 aromatic carbocycles. The van der Waals surface area contributed by atoms with Crippen LogP contribution in [-0.4, -0.2) is 76.5 Å². The van der Waals surface area contributed by atoms with Crippen LogP contribution in [0.15, 0.2) is 36.7 Å². The Balaban J connectivity index is 1.22. The monoisotopic (exact) mass is 623 g/mol. The summed E-state index contributed by atoms with van der Waals surface area (Å²) in [6, 6.07) is 6.33. The number of fused-ring (bicyclic) bond motifs is 1. The summed E-state index contributed by atoms with van der Waals surface area (Å²) in [7, 11) is 0. The van der Waals surface area contributed by atoms with Crippen LogP contribution < -0.4 is 15.5 Å². The average Bonchev–Trinajstić information content (AvgIpc) is 3.62. The van der Waals surface area contributed by atoms with Gasteiger partial charge >= 0.3 is 6.18 Å². The molecule has 43 heavy (non-hydrogen) atoms. The van der Waals surface area contributed by atoms with Crippen LogP contribution in [0.3, 0.4) is 0 Å². The van der Waals surface area contributed by atoms with Crippen LogP contribution in [0.5, 0.6) is 0 Å². The van der Waals surface area contributed by atoms with Crippen LogP contribution in [0, 0.1) is 0 Å². The maximum absolute atomic E-state index is 13.9. The van der Waals surface area contributed by atoms with Gasteiger partial charge in [0, 0.05) is 74.4 Å². The Morgan fingerprint density at radius 3 is 2.47 bits per heavy atom. The second kappa shape index (κ2) is 11.4. The molecular weight excluding hydrogens is 593 g/mol. The minimum absolute atomic E-state index is 0.0103. The lowest BCUT2D eigenvalue weighted by atomic mass is 9.97. The SMILES string of the molecule is O=C(NCC(c1cnc(C(F)(F)F)nc1)N1CCC(F)(F)CC1)c1c(Cl)ccc2nc(N3CCC4(CCCN4)C3)ccc12. The van der Waals surface area contributed by atoms with Crippen molar-refractivity contribution < 1.29 is 26.7 Å². The summed E-state index contributed by atoms with van der Waals surface area (Å²) in [4.78, 5) is 29.2. The third kappa shape index (κ3) is 6.25. The molecule has 2 unspecified atom stereocenters. The minimum atomic E-state index is -4.72. The molecule has 2 N–H and O–H groups in total. The molecule has 0 radical (unpaired) electrons. The number of alkyl halides is 5. The largest absolute Gasteiger partial charge is 0.451 e. The van der Waals surface area contributed by atoms with Crippen LogP contribution in [-0.2, 0) is 6.18 Å². The quantitative estimate of drug-likeness (QED) is 0.364. The van der Waals surface area contributed by atoms with Crippen LogP contribution in [0.4, 0.5) is 27.8 Å². The lowest BCUT2D eigenvalue weighted by molar-refractivity contribution is -0.145. The highest BCUT2D eigenvalue weighted by atomic mass is 35.5. The van der Waals surface area contributed by atoms with Crippen LogP contribution in [0.25, 0.3) is 10.9 Å². The number of carbonyl (C=O) groups excluding carboxylic acids is 1. The van der Waals surface area contributed by atoms with Crippen molar-refractivity contribution in [2.45, 2.75) is 55.8 Å². The third-order valence-corrected chi connectivity index (χ3v) is 9.09. The van der Waals surface area contributed by atoms with Crippen molar-refractivity contribution in [1.29, 1.82) is 0 Å². The highest BCUT2D eigenvalue weighted by Crippen LogP contribution is 2.35. The molecule has 3 aliphatic heterocycles. The van der Waals surface area contributed by atoms with Gasteiger partial charge in [0.25, 0.3) is 11.8 Å². The topological polar surface area (TPSA) is 86.3 Å². The number of hydrogen-bond acceptors (Lipinski definition) is 7. The van der Waals surface area contributed by atoms with Crippen LogP contribution in [0.1, 0.15) is 59.9 Å². The molecule has 1 spiro atoms. The molecule has 3 aromatic rings. The second-order valence-electron chi connectivity index (χ2n) is 11.6. The number of aromatic nitrogens is 3. The van der Waals surface area contributed by atoms with Crippen molar-refractivity contribution in [1.82, 2.24) is 30.5 Å². The molecule has 2 aromatic heterocycles. The van der Waals surface area contributed by atoms with E-state index < -0.39 is 42.7 Å². The molecule has 5 heterocycles. The fourth-order valence-electron chi connectivity index (χ4n) is 6.41. The highest BCUT2D eigenvalue weighted by Gasteiger charge is 2.41. The number of benzene rings is 1. The summed E-state index contributed by atoms with van der Waals surface area (Å²) in [6.07, 6.45) is -0.145. The van der Waals surface area contributed by atoms with Crippen LogP contribution >= 0.6 is 11.6 Å². The molecule has 3 aliphatic rings. The summed E-state index contributed by atoms with van der Waals surface area (Å²) in [6.45, 7) is 2.66. The molecule has 14 heteroatoms. The van der Waals surface area contributed by atoms with Gasteiger partial charge in [-0.2, -0.15) is 13.2 Å². The van der Waals surface area contributed by atoms with E-state index in [0.29, 0.717) is 10.9 Å². The molecule has 230 valence electrons. The van der Waals surface area contributed by atoms with Crippen LogP contribution in [0.2, 0.25) is 5.02 Å². The van der Waals surface area contributed by atoms with Gasteiger partial charge in [-0.25, -0.2) is 23.7 Å². The maximum Gasteiger partial charge on any atom is 0.451 e. The lowest BCUT2D eigenvalue weighted by Crippen LogP contribution is -2.45. The summed E-state index contributed by atoms with van der Waals surface area (Å²) in [5, 5.41) is 7.21. The number of halogens is 6. The number of anilines is 1. The fraction of sp³-hybridized carbons (Fsp3) is 0.517. The molecule has 6 rings (SSSR count). The Morgan fingerprint density at radius 1 is 1.05 bits per heavy atom. The predicted molar refractivity (Wildman–Crippen MR) is 151 cm³/mol. The molecule has 2 atom stereocenters. The van der Waals surface area contributed by atoms with Gasteiger partial charge in [0.15, 0.2) is 0 Å². The number of likely N-dealkylation sites (tertiary alicyclic amines) is 1. The fourth-order valence-corrected chi connectivity index (χ4v) is 6.66. The van der Waals surface area contributed by atoms with E-state index in [4.69, 9.17) is 16.6 Å². The Morgan fingerprint density at radius 2 is 1.79 bits per heavy atom. The Bertz CT molecular complexity index is 1490. The Hall–Kier alpha value is -3.16. The molecule has 1 amide bonds. The third-order valence-electron chi connectivity index (χ3n) is 8.78. The molecule has 3 fully saturated rings. The first kappa shape index (κ1) is 29.9. The molecular formula is C29H31ClF5N7O. The smallest absolute Gasteiger partial charge is 0.355 e. The number of nitrogens with zero attached hydrogens (tertiary/aromatic N) is 5. The van der Waals surface area contributed by atoms with E-state index in [1.807, 2.05) is 12.1 Å². The van der Waals surface area contributed by atoms with Crippen molar-refractivity contribution in [2.24, 2.45) is 0 Å². The zero-order valence-corrected chi connectivity index (χ0v) is 24.0. The van der Waals surface area contributed by atoms with Crippen molar-refractivity contribution in [3.63, 3.8) is 0 Å². The molecule has 0 bridgehead atoms. The summed E-state index contributed by atoms with van der Waals surface area (Å²) in [5.41, 5.74) is 1.20. The average molecular weight is 624 g/mol. The first-order valence-electron chi connectivity index (χ1n) is 14.3. The zero-order chi connectivity index (χ0) is 30.4. The standard InChI is InChI=1S/C29H31ClF5N7O/c30-20-3-4-21-19(2-5-23(40-21)42-11-7-27(17-42)6-1-10-39-27)24(20)25(43)36-16-22(41-12-8-28(31,32)9-13-41)18-14-37-26(38-15-18)29(33,34)35/h2-5,14-15,22,39H,1,6-13,16-17H2,(H,36,43). The van der Waals surface area contributed by atoms with E-state index in [1.54, 1.807) is 17.0 Å². The number of hydrogen-bond donors (Lipinski definition) is 2. The molecule has 3 saturated heterocycles. The summed E-state index contributed by atoms with van der Waals surface area (Å²) < 4.78 is 66.9. The first-order valence-corrected chi connectivity index (χ1v) is 14.7. The number of nitrogens with one attached hydrogen (secondary N) is 2.